The van der Waals surface area contributed by atoms with Gasteiger partial charge >= 0.3 is 6.18 Å². The van der Waals surface area contributed by atoms with E-state index in [1.54, 1.807) is 24.3 Å². The highest BCUT2D eigenvalue weighted by Gasteiger charge is 2.62. The number of hydrogen-bond acceptors (Lipinski definition) is 2. The molecule has 0 saturated heterocycles. The number of anilines is 1. The first-order valence-electron chi connectivity index (χ1n) is 5.09. The van der Waals surface area contributed by atoms with E-state index in [9.17, 15) is 13.2 Å². The number of alkyl halides is 3. The number of nitrogens with two attached hydrogens (primary N) is 1. The van der Waals surface area contributed by atoms with Gasteiger partial charge in [-0.1, -0.05) is 12.1 Å². The zero-order valence-electron chi connectivity index (χ0n) is 8.64. The van der Waals surface area contributed by atoms with Crippen molar-refractivity contribution in [1.29, 1.82) is 0 Å². The number of hydrogen-bond donors (Lipinski definition) is 2. The molecule has 2 rings (SSSR count). The van der Waals surface area contributed by atoms with Crippen molar-refractivity contribution in [3.63, 3.8) is 0 Å². The fraction of sp³-hybridized carbons (Fsp3) is 0.455. The molecule has 1 aromatic carbocycles. The third-order valence-corrected chi connectivity index (χ3v) is 2.90. The second kappa shape index (κ2) is 3.66. The molecule has 0 unspecified atom stereocenters. The van der Waals surface area contributed by atoms with Crippen molar-refractivity contribution in [2.75, 3.05) is 5.73 Å². The number of nitrogens with one attached hydrogen (secondary N) is 1. The standard InChI is InChI=1S/C11H13F3N2/c12-11(13,14)10(5-6-10)16-7-8-1-3-9(15)4-2-8/h1-4,16H,5-7,15H2. The third kappa shape index (κ3) is 2.14. The number of nitrogen functional groups attached to an aromatic ring is 1. The van der Waals surface area contributed by atoms with Crippen molar-refractivity contribution in [2.45, 2.75) is 31.1 Å². The first-order valence-corrected chi connectivity index (χ1v) is 5.09. The van der Waals surface area contributed by atoms with Gasteiger partial charge in [0, 0.05) is 12.2 Å². The maximum Gasteiger partial charge on any atom is 0.406 e. The molecule has 1 fully saturated rings. The lowest BCUT2D eigenvalue weighted by Crippen LogP contribution is -2.44. The quantitative estimate of drug-likeness (QED) is 0.783. The Morgan fingerprint density at radius 3 is 2.19 bits per heavy atom. The van der Waals surface area contributed by atoms with E-state index in [1.807, 2.05) is 0 Å². The lowest BCUT2D eigenvalue weighted by atomic mass is 10.2. The van der Waals surface area contributed by atoms with Crippen LogP contribution in [0.4, 0.5) is 18.9 Å². The molecule has 0 atom stereocenters. The maximum absolute atomic E-state index is 12.6. The fourth-order valence-corrected chi connectivity index (χ4v) is 1.59. The molecule has 88 valence electrons. The fourth-order valence-electron chi connectivity index (χ4n) is 1.59. The molecule has 0 bridgehead atoms. The summed E-state index contributed by atoms with van der Waals surface area (Å²) >= 11 is 0. The minimum Gasteiger partial charge on any atom is -0.399 e. The summed E-state index contributed by atoms with van der Waals surface area (Å²) in [6.45, 7) is 0.222. The molecule has 1 aliphatic carbocycles. The largest absolute Gasteiger partial charge is 0.406 e. The summed E-state index contributed by atoms with van der Waals surface area (Å²) in [6, 6.07) is 6.83. The van der Waals surface area contributed by atoms with E-state index in [0.717, 1.165) is 5.56 Å². The molecule has 0 aromatic heterocycles. The highest BCUT2D eigenvalue weighted by atomic mass is 19.4. The summed E-state index contributed by atoms with van der Waals surface area (Å²) < 4.78 is 37.7. The van der Waals surface area contributed by atoms with Crippen LogP contribution in [0.25, 0.3) is 0 Å². The Morgan fingerprint density at radius 2 is 1.75 bits per heavy atom. The van der Waals surface area contributed by atoms with E-state index in [2.05, 4.69) is 5.32 Å². The predicted molar refractivity (Wildman–Crippen MR) is 55.7 cm³/mol. The van der Waals surface area contributed by atoms with Crippen LogP contribution in [0.1, 0.15) is 18.4 Å². The van der Waals surface area contributed by atoms with Gasteiger partial charge in [-0.05, 0) is 30.5 Å². The summed E-state index contributed by atoms with van der Waals surface area (Å²) in [5.41, 5.74) is 5.27. The van der Waals surface area contributed by atoms with Gasteiger partial charge in [0.15, 0.2) is 0 Å². The minimum absolute atomic E-state index is 0.172. The molecule has 0 radical (unpaired) electrons. The van der Waals surface area contributed by atoms with E-state index in [0.29, 0.717) is 5.69 Å². The first kappa shape index (κ1) is 11.3. The Morgan fingerprint density at radius 1 is 1.19 bits per heavy atom. The highest BCUT2D eigenvalue weighted by molar-refractivity contribution is 5.39. The summed E-state index contributed by atoms with van der Waals surface area (Å²) in [6.07, 6.45) is -3.81. The Balaban J connectivity index is 1.96. The van der Waals surface area contributed by atoms with Crippen LogP contribution >= 0.6 is 0 Å². The predicted octanol–water partition coefficient (Wildman–Crippen LogP) is 2.45. The van der Waals surface area contributed by atoms with Crippen molar-refractivity contribution in [3.05, 3.63) is 29.8 Å². The Labute approximate surface area is 91.6 Å². The van der Waals surface area contributed by atoms with Crippen molar-refractivity contribution in [3.8, 4) is 0 Å². The van der Waals surface area contributed by atoms with Gasteiger partial charge in [-0.25, -0.2) is 0 Å². The normalized spacial score (nSPS) is 18.4. The second-order valence-corrected chi connectivity index (χ2v) is 4.18. The lowest BCUT2D eigenvalue weighted by Gasteiger charge is -2.20. The van der Waals surface area contributed by atoms with Crippen LogP contribution in [-0.2, 0) is 6.54 Å². The van der Waals surface area contributed by atoms with Gasteiger partial charge in [0.2, 0.25) is 0 Å². The molecule has 16 heavy (non-hydrogen) atoms. The number of rotatable bonds is 3. The van der Waals surface area contributed by atoms with E-state index in [-0.39, 0.29) is 19.4 Å². The van der Waals surface area contributed by atoms with Crippen molar-refractivity contribution in [1.82, 2.24) is 5.32 Å². The topological polar surface area (TPSA) is 38.0 Å². The van der Waals surface area contributed by atoms with Crippen molar-refractivity contribution in [2.24, 2.45) is 0 Å². The Hall–Kier alpha value is -1.23. The molecule has 5 heteroatoms. The zero-order valence-corrected chi connectivity index (χ0v) is 8.64. The summed E-state index contributed by atoms with van der Waals surface area (Å²) in [5.74, 6) is 0. The maximum atomic E-state index is 12.6. The molecule has 1 aliphatic rings. The Bertz CT molecular complexity index is 366. The van der Waals surface area contributed by atoms with Gasteiger partial charge in [-0.3, -0.25) is 5.32 Å². The van der Waals surface area contributed by atoms with Crippen LogP contribution in [0, 0.1) is 0 Å². The van der Waals surface area contributed by atoms with Gasteiger partial charge in [-0.15, -0.1) is 0 Å². The van der Waals surface area contributed by atoms with Gasteiger partial charge in [-0.2, -0.15) is 13.2 Å². The first-order chi connectivity index (χ1) is 7.43. The van der Waals surface area contributed by atoms with Crippen molar-refractivity contribution < 1.29 is 13.2 Å². The Kier molecular flexibility index (Phi) is 2.58. The monoisotopic (exact) mass is 230 g/mol. The van der Waals surface area contributed by atoms with E-state index >= 15 is 0 Å². The lowest BCUT2D eigenvalue weighted by molar-refractivity contribution is -0.166. The smallest absolute Gasteiger partial charge is 0.399 e. The van der Waals surface area contributed by atoms with Crippen LogP contribution < -0.4 is 11.1 Å². The van der Waals surface area contributed by atoms with Gasteiger partial charge in [0.05, 0.1) is 0 Å². The SMILES string of the molecule is Nc1ccc(CNC2(C(F)(F)F)CC2)cc1. The number of benzene rings is 1. The van der Waals surface area contributed by atoms with Crippen LogP contribution in [0.15, 0.2) is 24.3 Å². The van der Waals surface area contributed by atoms with Crippen LogP contribution in [0.2, 0.25) is 0 Å². The summed E-state index contributed by atoms with van der Waals surface area (Å²) in [5, 5.41) is 2.58. The van der Waals surface area contributed by atoms with Crippen LogP contribution in [-0.4, -0.2) is 11.7 Å². The molecule has 0 aliphatic heterocycles. The van der Waals surface area contributed by atoms with Gasteiger partial charge < -0.3 is 5.73 Å². The van der Waals surface area contributed by atoms with E-state index < -0.39 is 11.7 Å². The molecule has 0 heterocycles. The zero-order chi connectivity index (χ0) is 11.8. The summed E-state index contributed by atoms with van der Waals surface area (Å²) in [7, 11) is 0. The third-order valence-electron chi connectivity index (χ3n) is 2.90. The number of halogens is 3. The van der Waals surface area contributed by atoms with Crippen LogP contribution in [0.5, 0.6) is 0 Å². The molecule has 0 spiro atoms. The van der Waals surface area contributed by atoms with E-state index in [4.69, 9.17) is 5.73 Å². The molecule has 1 aromatic rings. The minimum atomic E-state index is -4.15. The second-order valence-electron chi connectivity index (χ2n) is 4.18. The van der Waals surface area contributed by atoms with Crippen LogP contribution in [0.3, 0.4) is 0 Å². The van der Waals surface area contributed by atoms with Gasteiger partial charge in [0.1, 0.15) is 5.54 Å². The van der Waals surface area contributed by atoms with Crippen molar-refractivity contribution >= 4 is 5.69 Å². The average molecular weight is 230 g/mol. The molecular formula is C11H13F3N2. The highest BCUT2D eigenvalue weighted by Crippen LogP contribution is 2.49. The van der Waals surface area contributed by atoms with Gasteiger partial charge in [0.25, 0.3) is 0 Å². The molecule has 3 N–H and O–H groups in total. The average Bonchev–Trinajstić information content (AvgIpc) is 2.97. The molecule has 2 nitrogen and oxygen atoms in total. The molecular weight excluding hydrogens is 217 g/mol. The summed E-state index contributed by atoms with van der Waals surface area (Å²) in [4.78, 5) is 0. The van der Waals surface area contributed by atoms with E-state index in [1.165, 1.54) is 0 Å². The molecule has 0 amide bonds. The molecule has 1 saturated carbocycles.